The van der Waals surface area contributed by atoms with E-state index in [1.54, 1.807) is 0 Å². The van der Waals surface area contributed by atoms with Crippen LogP contribution in [-0.2, 0) is 4.79 Å². The zero-order chi connectivity index (χ0) is 13.3. The smallest absolute Gasteiger partial charge is 0.226 e. The Bertz CT molecular complexity index is 399. The third kappa shape index (κ3) is 1.84. The van der Waals surface area contributed by atoms with Gasteiger partial charge in [0.05, 0.1) is 11.5 Å². The molecule has 0 saturated heterocycles. The van der Waals surface area contributed by atoms with E-state index in [1.807, 2.05) is 0 Å². The lowest BCUT2D eigenvalue weighted by molar-refractivity contribution is -0.157. The molecule has 19 heavy (non-hydrogen) atoms. The second kappa shape index (κ2) is 3.75. The van der Waals surface area contributed by atoms with Crippen molar-refractivity contribution in [2.75, 3.05) is 0 Å². The van der Waals surface area contributed by atoms with E-state index in [4.69, 9.17) is 0 Å². The molecule has 5 rings (SSSR count). The van der Waals surface area contributed by atoms with Crippen LogP contribution in [0.3, 0.4) is 0 Å². The first kappa shape index (κ1) is 12.2. The lowest BCUT2D eigenvalue weighted by atomic mass is 9.44. The first-order valence-electron chi connectivity index (χ1n) is 7.95. The van der Waals surface area contributed by atoms with E-state index in [2.05, 4.69) is 12.2 Å². The molecule has 5 fully saturated rings. The molecular weight excluding hydrogens is 238 g/mol. The van der Waals surface area contributed by atoms with Crippen LogP contribution in [0.25, 0.3) is 0 Å². The van der Waals surface area contributed by atoms with Gasteiger partial charge in [-0.25, -0.2) is 0 Å². The summed E-state index contributed by atoms with van der Waals surface area (Å²) in [5.74, 6) is 1.90. The average Bonchev–Trinajstić information content (AvgIpc) is 2.23. The van der Waals surface area contributed by atoms with E-state index < -0.39 is 0 Å². The Morgan fingerprint density at radius 1 is 1.11 bits per heavy atom. The van der Waals surface area contributed by atoms with Crippen molar-refractivity contribution in [3.63, 3.8) is 0 Å². The molecule has 3 nitrogen and oxygen atoms in total. The van der Waals surface area contributed by atoms with Crippen molar-refractivity contribution >= 4 is 5.91 Å². The number of hydrogen-bond donors (Lipinski definition) is 2. The maximum atomic E-state index is 12.8. The minimum absolute atomic E-state index is 0.0562. The predicted molar refractivity (Wildman–Crippen MR) is 72.4 cm³/mol. The van der Waals surface area contributed by atoms with Gasteiger partial charge in [-0.3, -0.25) is 4.79 Å². The first-order valence-corrected chi connectivity index (χ1v) is 7.95. The first-order chi connectivity index (χ1) is 8.96. The van der Waals surface area contributed by atoms with Gasteiger partial charge in [0, 0.05) is 6.04 Å². The van der Waals surface area contributed by atoms with Gasteiger partial charge in [-0.05, 0) is 68.6 Å². The molecule has 2 N–H and O–H groups in total. The number of carbonyl (C=O) groups is 1. The fraction of sp³-hybridized carbons (Fsp3) is 0.938. The van der Waals surface area contributed by atoms with Gasteiger partial charge in [-0.1, -0.05) is 6.92 Å². The molecule has 0 aromatic heterocycles. The van der Waals surface area contributed by atoms with E-state index in [-0.39, 0.29) is 17.6 Å². The zero-order valence-electron chi connectivity index (χ0n) is 11.8. The van der Waals surface area contributed by atoms with Crippen molar-refractivity contribution in [3.05, 3.63) is 0 Å². The van der Waals surface area contributed by atoms with Crippen LogP contribution < -0.4 is 5.32 Å². The molecule has 1 amide bonds. The molecular formula is C16H25NO2. The van der Waals surface area contributed by atoms with Crippen LogP contribution in [0.15, 0.2) is 0 Å². The van der Waals surface area contributed by atoms with E-state index in [0.29, 0.717) is 11.3 Å². The van der Waals surface area contributed by atoms with Gasteiger partial charge in [0.2, 0.25) is 5.91 Å². The lowest BCUT2D eigenvalue weighted by Crippen LogP contribution is -2.59. The Balaban J connectivity index is 1.51. The van der Waals surface area contributed by atoms with Crippen molar-refractivity contribution in [2.45, 2.75) is 70.4 Å². The minimum atomic E-state index is -0.181. The fourth-order valence-corrected chi connectivity index (χ4v) is 6.03. The predicted octanol–water partition coefficient (Wildman–Crippen LogP) is 2.23. The molecule has 0 aliphatic heterocycles. The quantitative estimate of drug-likeness (QED) is 0.802. The van der Waals surface area contributed by atoms with Crippen LogP contribution in [0.1, 0.15) is 58.3 Å². The minimum Gasteiger partial charge on any atom is -0.393 e. The highest BCUT2D eigenvalue weighted by Gasteiger charge is 2.59. The summed E-state index contributed by atoms with van der Waals surface area (Å²) in [5, 5.41) is 12.6. The molecule has 3 heteroatoms. The summed E-state index contributed by atoms with van der Waals surface area (Å²) in [4.78, 5) is 12.8. The van der Waals surface area contributed by atoms with E-state index in [1.165, 1.54) is 19.3 Å². The second-order valence-corrected chi connectivity index (χ2v) is 8.35. The van der Waals surface area contributed by atoms with Crippen LogP contribution in [0.2, 0.25) is 0 Å². The molecule has 5 aliphatic rings. The van der Waals surface area contributed by atoms with E-state index >= 15 is 0 Å². The Morgan fingerprint density at radius 2 is 1.74 bits per heavy atom. The molecule has 0 radical (unpaired) electrons. The molecule has 2 unspecified atom stereocenters. The highest BCUT2D eigenvalue weighted by atomic mass is 16.3. The lowest BCUT2D eigenvalue weighted by Gasteiger charge is -2.60. The number of carbonyl (C=O) groups excluding carboxylic acids is 1. The normalized spacial score (nSPS) is 54.8. The standard InChI is InChI=1S/C16H25NO2/c1-15-5-10-2-11(6-15)8-16(7-10,9-15)14(19)17-12-3-13(18)4-12/h10-13,18H,2-9H2,1H3,(H,17,19). The largest absolute Gasteiger partial charge is 0.393 e. The molecule has 2 atom stereocenters. The summed E-state index contributed by atoms with van der Waals surface area (Å²) >= 11 is 0. The Labute approximate surface area is 115 Å². The monoisotopic (exact) mass is 263 g/mol. The summed E-state index contributed by atoms with van der Waals surface area (Å²) in [5.41, 5.74) is 0.375. The van der Waals surface area contributed by atoms with Gasteiger partial charge in [-0.15, -0.1) is 0 Å². The van der Waals surface area contributed by atoms with Crippen LogP contribution >= 0.6 is 0 Å². The maximum Gasteiger partial charge on any atom is 0.226 e. The summed E-state index contributed by atoms with van der Waals surface area (Å²) < 4.78 is 0. The van der Waals surface area contributed by atoms with Crippen LogP contribution in [0.4, 0.5) is 0 Å². The van der Waals surface area contributed by atoms with Crippen molar-refractivity contribution in [1.29, 1.82) is 0 Å². The average molecular weight is 263 g/mol. The van der Waals surface area contributed by atoms with E-state index in [9.17, 15) is 9.90 Å². The number of rotatable bonds is 2. The van der Waals surface area contributed by atoms with Crippen molar-refractivity contribution in [3.8, 4) is 0 Å². The van der Waals surface area contributed by atoms with Crippen molar-refractivity contribution in [2.24, 2.45) is 22.7 Å². The number of hydrogen-bond acceptors (Lipinski definition) is 2. The maximum absolute atomic E-state index is 12.8. The highest BCUT2D eigenvalue weighted by Crippen LogP contribution is 2.65. The van der Waals surface area contributed by atoms with Gasteiger partial charge in [0.25, 0.3) is 0 Å². The third-order valence-electron chi connectivity index (χ3n) is 6.28. The summed E-state index contributed by atoms with van der Waals surface area (Å²) in [7, 11) is 0. The molecule has 0 aromatic carbocycles. The number of aliphatic hydroxyl groups excluding tert-OH is 1. The molecule has 0 heterocycles. The molecule has 5 aliphatic carbocycles. The second-order valence-electron chi connectivity index (χ2n) is 8.35. The Hall–Kier alpha value is -0.570. The molecule has 106 valence electrons. The third-order valence-corrected chi connectivity index (χ3v) is 6.28. The van der Waals surface area contributed by atoms with Crippen LogP contribution in [-0.4, -0.2) is 23.2 Å². The van der Waals surface area contributed by atoms with Crippen LogP contribution in [0.5, 0.6) is 0 Å². The van der Waals surface area contributed by atoms with Gasteiger partial charge in [0.1, 0.15) is 0 Å². The highest BCUT2D eigenvalue weighted by molar-refractivity contribution is 5.83. The van der Waals surface area contributed by atoms with Gasteiger partial charge in [-0.2, -0.15) is 0 Å². The number of nitrogens with one attached hydrogen (secondary N) is 1. The van der Waals surface area contributed by atoms with E-state index in [0.717, 1.165) is 43.9 Å². The molecule has 4 bridgehead atoms. The summed E-state index contributed by atoms with van der Waals surface area (Å²) in [6, 6.07) is 0.239. The summed E-state index contributed by atoms with van der Waals surface area (Å²) in [6.07, 6.45) is 8.75. The molecule has 5 saturated carbocycles. The zero-order valence-corrected chi connectivity index (χ0v) is 11.8. The Morgan fingerprint density at radius 3 is 2.26 bits per heavy atom. The fourth-order valence-electron chi connectivity index (χ4n) is 6.03. The Kier molecular flexibility index (Phi) is 2.41. The number of aliphatic hydroxyl groups is 1. The SMILES string of the molecule is CC12CC3CC(C1)CC(C(=O)NC1CC(O)C1)(C3)C2. The van der Waals surface area contributed by atoms with Gasteiger partial charge >= 0.3 is 0 Å². The van der Waals surface area contributed by atoms with Crippen LogP contribution in [0, 0.1) is 22.7 Å². The van der Waals surface area contributed by atoms with Crippen molar-refractivity contribution in [1.82, 2.24) is 5.32 Å². The van der Waals surface area contributed by atoms with Gasteiger partial charge in [0.15, 0.2) is 0 Å². The van der Waals surface area contributed by atoms with Crippen molar-refractivity contribution < 1.29 is 9.90 Å². The number of amides is 1. The summed E-state index contributed by atoms with van der Waals surface area (Å²) in [6.45, 7) is 2.40. The van der Waals surface area contributed by atoms with Gasteiger partial charge < -0.3 is 10.4 Å². The molecule has 0 aromatic rings. The topological polar surface area (TPSA) is 49.3 Å². The molecule has 0 spiro atoms.